The maximum Gasteiger partial charge on any atom is 0.0622 e. The van der Waals surface area contributed by atoms with Gasteiger partial charge in [0.05, 0.1) is 6.07 Å². The van der Waals surface area contributed by atoms with Crippen molar-refractivity contribution in [3.63, 3.8) is 0 Å². The molecule has 0 saturated heterocycles. The summed E-state index contributed by atoms with van der Waals surface area (Å²) >= 11 is 0. The molecule has 0 rings (SSSR count). The van der Waals surface area contributed by atoms with E-state index in [1.807, 2.05) is 12.2 Å². The van der Waals surface area contributed by atoms with Gasteiger partial charge in [-0.25, -0.2) is 10.0 Å². The van der Waals surface area contributed by atoms with Crippen LogP contribution >= 0.6 is 10.0 Å². The Bertz CT molecular complexity index is 215. The Morgan fingerprint density at radius 3 is 2.07 bits per heavy atom. The van der Waals surface area contributed by atoms with Gasteiger partial charge in [0.1, 0.15) is 0 Å². The highest BCUT2D eigenvalue weighted by Gasteiger charge is 2.15. The van der Waals surface area contributed by atoms with Crippen molar-refractivity contribution >= 4 is 10.0 Å². The molecule has 0 aliphatic carbocycles. The van der Waals surface area contributed by atoms with Gasteiger partial charge in [-0.15, -0.1) is 13.2 Å². The molecule has 0 atom stereocenters. The molecule has 86 valence electrons. The summed E-state index contributed by atoms with van der Waals surface area (Å²) in [7, 11) is -0.529. The van der Waals surface area contributed by atoms with Crippen LogP contribution in [0, 0.1) is 11.3 Å². The third kappa shape index (κ3) is 7.27. The Hall–Kier alpha value is -0.680. The molecule has 15 heavy (non-hydrogen) atoms. The second kappa shape index (κ2) is 8.61. The zero-order chi connectivity index (χ0) is 11.6. The lowest BCUT2D eigenvalue weighted by Crippen LogP contribution is -2.11. The van der Waals surface area contributed by atoms with Crippen molar-refractivity contribution < 1.29 is 0 Å². The highest BCUT2D eigenvalue weighted by molar-refractivity contribution is 8.33. The summed E-state index contributed by atoms with van der Waals surface area (Å²) < 4.78 is 0. The van der Waals surface area contributed by atoms with E-state index in [1.165, 1.54) is 17.3 Å². The van der Waals surface area contributed by atoms with Gasteiger partial charge in [0.25, 0.3) is 0 Å². The highest BCUT2D eigenvalue weighted by Crippen LogP contribution is 2.46. The quantitative estimate of drug-likeness (QED) is 0.431. The normalized spacial score (nSPS) is 11.7. The van der Waals surface area contributed by atoms with E-state index in [4.69, 9.17) is 5.26 Å². The van der Waals surface area contributed by atoms with E-state index in [9.17, 15) is 0 Å². The van der Waals surface area contributed by atoms with Crippen LogP contribution in [0.15, 0.2) is 25.3 Å². The fourth-order valence-electron chi connectivity index (χ4n) is 1.54. The van der Waals surface area contributed by atoms with E-state index in [2.05, 4.69) is 25.5 Å². The van der Waals surface area contributed by atoms with Crippen molar-refractivity contribution in [1.82, 2.24) is 0 Å². The maximum atomic E-state index is 8.54. The van der Waals surface area contributed by atoms with E-state index < -0.39 is 10.0 Å². The van der Waals surface area contributed by atoms with Crippen molar-refractivity contribution in [3.05, 3.63) is 25.3 Å². The number of hydrogen-bond donors (Lipinski definition) is 0. The minimum absolute atomic E-state index is 0.529. The van der Waals surface area contributed by atoms with Gasteiger partial charge in [-0.1, -0.05) is 12.2 Å². The minimum Gasteiger partial charge on any atom is -0.243 e. The Kier molecular flexibility index (Phi) is 8.22. The number of allylic oxidation sites excluding steroid dienone is 2. The number of nitriles is 1. The summed E-state index contributed by atoms with van der Waals surface area (Å²) in [4.78, 5) is 0. The molecule has 0 aromatic carbocycles. The van der Waals surface area contributed by atoms with Crippen LogP contribution in [0.5, 0.6) is 0 Å². The lowest BCUT2D eigenvalue weighted by molar-refractivity contribution is 0.967. The van der Waals surface area contributed by atoms with Crippen LogP contribution in [0.3, 0.4) is 0 Å². The zero-order valence-corrected chi connectivity index (χ0v) is 10.7. The minimum atomic E-state index is -0.529. The van der Waals surface area contributed by atoms with Crippen molar-refractivity contribution in [2.75, 3.05) is 23.5 Å². The molecule has 0 bridgehead atoms. The van der Waals surface area contributed by atoms with Gasteiger partial charge < -0.3 is 0 Å². The van der Waals surface area contributed by atoms with Gasteiger partial charge in [0.2, 0.25) is 0 Å². The summed E-state index contributed by atoms with van der Waals surface area (Å²) in [5.74, 6) is 3.74. The second-order valence-electron chi connectivity index (χ2n) is 4.01. The first-order valence-corrected chi connectivity index (χ1v) is 8.03. The summed E-state index contributed by atoms with van der Waals surface area (Å²) in [6, 6.07) is 2.23. The topological polar surface area (TPSA) is 23.8 Å². The number of hydrogen-bond acceptors (Lipinski definition) is 1. The Morgan fingerprint density at radius 1 is 1.13 bits per heavy atom. The fraction of sp³-hybridized carbons (Fsp3) is 0.615. The molecule has 0 aliphatic rings. The third-order valence-corrected chi connectivity index (χ3v) is 6.27. The van der Waals surface area contributed by atoms with E-state index in [-0.39, 0.29) is 0 Å². The molecule has 0 aromatic heterocycles. The van der Waals surface area contributed by atoms with Gasteiger partial charge in [0.15, 0.2) is 0 Å². The van der Waals surface area contributed by atoms with E-state index in [0.717, 1.165) is 19.3 Å². The van der Waals surface area contributed by atoms with Crippen molar-refractivity contribution in [2.24, 2.45) is 0 Å². The molecule has 0 aliphatic heterocycles. The van der Waals surface area contributed by atoms with Crippen LogP contribution < -0.4 is 0 Å². The van der Waals surface area contributed by atoms with Crippen LogP contribution in [-0.4, -0.2) is 23.5 Å². The lowest BCUT2D eigenvalue weighted by Gasteiger charge is -2.35. The predicted octanol–water partition coefficient (Wildman–Crippen LogP) is 3.88. The van der Waals surface area contributed by atoms with Crippen molar-refractivity contribution in [3.8, 4) is 6.07 Å². The number of unbranched alkanes of at least 4 members (excludes halogenated alkanes) is 1. The largest absolute Gasteiger partial charge is 0.243 e. The van der Waals surface area contributed by atoms with Crippen LogP contribution in [0.25, 0.3) is 0 Å². The molecule has 1 nitrogen and oxygen atoms in total. The summed E-state index contributed by atoms with van der Waals surface area (Å²) in [6.45, 7) is 7.56. The first-order chi connectivity index (χ1) is 7.18. The van der Waals surface area contributed by atoms with Crippen molar-refractivity contribution in [2.45, 2.75) is 25.7 Å². The smallest absolute Gasteiger partial charge is 0.0622 e. The average molecular weight is 225 g/mol. The van der Waals surface area contributed by atoms with Gasteiger partial charge in [-0.2, -0.15) is 5.26 Å². The van der Waals surface area contributed by atoms with Gasteiger partial charge in [-0.05, 0) is 42.8 Å². The van der Waals surface area contributed by atoms with Crippen LogP contribution in [0.4, 0.5) is 0 Å². The molecule has 0 spiro atoms. The first-order valence-electron chi connectivity index (χ1n) is 5.48. The molecule has 0 radical (unpaired) electrons. The molecule has 0 saturated carbocycles. The summed E-state index contributed by atoms with van der Waals surface area (Å²) in [6.07, 6.45) is 10.4. The van der Waals surface area contributed by atoms with E-state index >= 15 is 0 Å². The molecular formula is C13H23NS. The molecule has 0 heterocycles. The Labute approximate surface area is 96.2 Å². The standard InChI is InChI=1S/C13H23NS/c1-4-6-11-15(3,12-7-5-2)13-9-8-10-14/h4-5H,1-2,6-9,11-13H2,3H3. The van der Waals surface area contributed by atoms with Crippen LogP contribution in [-0.2, 0) is 0 Å². The monoisotopic (exact) mass is 225 g/mol. The number of nitrogens with zero attached hydrogens (tertiary/aromatic N) is 1. The molecular weight excluding hydrogens is 202 g/mol. The molecule has 0 N–H and O–H groups in total. The molecule has 0 amide bonds. The van der Waals surface area contributed by atoms with Gasteiger partial charge in [-0.3, -0.25) is 0 Å². The SMILES string of the molecule is C=CCCS(C)(CCC=C)CCCC#N. The summed E-state index contributed by atoms with van der Waals surface area (Å²) in [5.41, 5.74) is 0. The maximum absolute atomic E-state index is 8.54. The molecule has 0 aromatic rings. The van der Waals surface area contributed by atoms with Crippen LogP contribution in [0.1, 0.15) is 25.7 Å². The molecule has 0 fully saturated rings. The average Bonchev–Trinajstić information content (AvgIpc) is 2.24. The Morgan fingerprint density at radius 2 is 1.67 bits per heavy atom. The first kappa shape index (κ1) is 14.3. The second-order valence-corrected chi connectivity index (χ2v) is 8.19. The highest BCUT2D eigenvalue weighted by atomic mass is 32.3. The molecule has 2 heteroatoms. The van der Waals surface area contributed by atoms with Crippen molar-refractivity contribution in [1.29, 1.82) is 5.26 Å². The molecule has 0 unspecified atom stereocenters. The lowest BCUT2D eigenvalue weighted by atomic mass is 10.4. The third-order valence-electron chi connectivity index (χ3n) is 2.56. The number of rotatable bonds is 9. The zero-order valence-electron chi connectivity index (χ0n) is 9.87. The van der Waals surface area contributed by atoms with Gasteiger partial charge in [0, 0.05) is 6.42 Å². The van der Waals surface area contributed by atoms with Crippen LogP contribution in [0.2, 0.25) is 0 Å². The summed E-state index contributed by atoms with van der Waals surface area (Å²) in [5, 5.41) is 8.54. The van der Waals surface area contributed by atoms with Gasteiger partial charge >= 0.3 is 0 Å². The fourth-order valence-corrected chi connectivity index (χ4v) is 4.47. The Balaban J connectivity index is 4.06. The van der Waals surface area contributed by atoms with E-state index in [0.29, 0.717) is 6.42 Å². The van der Waals surface area contributed by atoms with E-state index in [1.54, 1.807) is 0 Å². The predicted molar refractivity (Wildman–Crippen MR) is 72.6 cm³/mol.